The number of Topliss-reactive ketones (excluding diaryl/α,β-unsaturated/α-hetero) is 1. The minimum absolute atomic E-state index is 0.0849. The molecule has 1 aliphatic carbocycles. The van der Waals surface area contributed by atoms with E-state index >= 15 is 0 Å². The quantitative estimate of drug-likeness (QED) is 0.0535. The number of aliphatic hydroxyl groups is 3. The van der Waals surface area contributed by atoms with E-state index < -0.39 is 42.7 Å². The minimum Gasteiger partial charge on any atom is -0.462 e. The number of hydrogen-bond donors (Lipinski definition) is 3. The van der Waals surface area contributed by atoms with Gasteiger partial charge in [-0.25, -0.2) is 0 Å². The molecule has 6 atom stereocenters. The molecule has 0 saturated heterocycles. The molecule has 0 spiro atoms. The molecule has 0 aromatic rings. The van der Waals surface area contributed by atoms with Crippen molar-refractivity contribution in [1.29, 1.82) is 0 Å². The van der Waals surface area contributed by atoms with Crippen LogP contribution in [0.2, 0.25) is 0 Å². The molecule has 8 heteroatoms. The third kappa shape index (κ3) is 14.7. The SMILES string of the molecule is C=C/C(C)=C/C=C/C=C/[C@@H](C)C[C@@H](C)C(=O)[C@H](OC)[C@H](O)/C(C)=C/[C@@H](C)C(=O)/C=C/[C@H](C)C[C@H]1CC[C@H](OC(=O)C(C)(CO)CO)CC1. The molecule has 0 radical (unpaired) electrons. The second kappa shape index (κ2) is 21.9. The first-order valence-electron chi connectivity index (χ1n) is 17.3. The van der Waals surface area contributed by atoms with Crippen molar-refractivity contribution in [3.8, 4) is 0 Å². The average molecular weight is 671 g/mol. The Morgan fingerprint density at radius 3 is 2.12 bits per heavy atom. The van der Waals surface area contributed by atoms with Crippen LogP contribution < -0.4 is 0 Å². The summed E-state index contributed by atoms with van der Waals surface area (Å²) in [4.78, 5) is 38.5. The molecule has 0 aliphatic heterocycles. The lowest BCUT2D eigenvalue weighted by Crippen LogP contribution is -2.40. The lowest BCUT2D eigenvalue weighted by atomic mass is 9.81. The number of allylic oxidation sites excluding steroid dienone is 10. The summed E-state index contributed by atoms with van der Waals surface area (Å²) in [5, 5.41) is 29.9. The predicted molar refractivity (Wildman–Crippen MR) is 192 cm³/mol. The fourth-order valence-electron chi connectivity index (χ4n) is 5.81. The van der Waals surface area contributed by atoms with Crippen molar-refractivity contribution in [3.05, 3.63) is 72.4 Å². The number of methoxy groups -OCH3 is 1. The maximum atomic E-state index is 13.2. The van der Waals surface area contributed by atoms with E-state index in [0.717, 1.165) is 37.7 Å². The monoisotopic (exact) mass is 670 g/mol. The zero-order valence-corrected chi connectivity index (χ0v) is 30.6. The smallest absolute Gasteiger partial charge is 0.316 e. The van der Waals surface area contributed by atoms with Crippen LogP contribution in [0.1, 0.15) is 87.0 Å². The van der Waals surface area contributed by atoms with E-state index in [0.29, 0.717) is 17.9 Å². The highest BCUT2D eigenvalue weighted by atomic mass is 16.5. The van der Waals surface area contributed by atoms with E-state index in [2.05, 4.69) is 13.5 Å². The summed E-state index contributed by atoms with van der Waals surface area (Å²) < 4.78 is 11.0. The van der Waals surface area contributed by atoms with Crippen LogP contribution in [-0.4, -0.2) is 71.5 Å². The number of ketones is 2. The van der Waals surface area contributed by atoms with E-state index in [4.69, 9.17) is 9.47 Å². The second-order valence-corrected chi connectivity index (χ2v) is 14.1. The molecule has 1 fully saturated rings. The highest BCUT2D eigenvalue weighted by molar-refractivity contribution is 5.93. The molecule has 48 heavy (non-hydrogen) atoms. The highest BCUT2D eigenvalue weighted by Gasteiger charge is 2.36. The van der Waals surface area contributed by atoms with Gasteiger partial charge in [-0.1, -0.05) is 88.5 Å². The van der Waals surface area contributed by atoms with Crippen molar-refractivity contribution in [2.24, 2.45) is 35.0 Å². The Bertz CT molecular complexity index is 1180. The fourth-order valence-corrected chi connectivity index (χ4v) is 5.81. The van der Waals surface area contributed by atoms with E-state index in [9.17, 15) is 29.7 Å². The van der Waals surface area contributed by atoms with Crippen molar-refractivity contribution in [3.63, 3.8) is 0 Å². The van der Waals surface area contributed by atoms with Gasteiger partial charge in [-0.3, -0.25) is 14.4 Å². The molecule has 0 amide bonds. The second-order valence-electron chi connectivity index (χ2n) is 14.1. The van der Waals surface area contributed by atoms with Crippen LogP contribution in [0.3, 0.4) is 0 Å². The molecule has 1 saturated carbocycles. The van der Waals surface area contributed by atoms with E-state index in [1.165, 1.54) is 14.0 Å². The first-order chi connectivity index (χ1) is 22.6. The molecule has 3 N–H and O–H groups in total. The summed E-state index contributed by atoms with van der Waals surface area (Å²) in [5.41, 5.74) is 0.301. The summed E-state index contributed by atoms with van der Waals surface area (Å²) in [6, 6.07) is 0. The Labute approximate surface area is 289 Å². The van der Waals surface area contributed by atoms with Crippen molar-refractivity contribution >= 4 is 17.5 Å². The Balaban J connectivity index is 2.64. The molecular weight excluding hydrogens is 608 g/mol. The number of carbonyl (C=O) groups excluding carboxylic acids is 3. The number of esters is 1. The van der Waals surface area contributed by atoms with Crippen LogP contribution in [-0.2, 0) is 23.9 Å². The van der Waals surface area contributed by atoms with E-state index in [1.54, 1.807) is 32.1 Å². The van der Waals surface area contributed by atoms with Crippen molar-refractivity contribution in [2.45, 2.75) is 105 Å². The highest BCUT2D eigenvalue weighted by Crippen LogP contribution is 2.32. The summed E-state index contributed by atoms with van der Waals surface area (Å²) in [7, 11) is 1.42. The third-order valence-electron chi connectivity index (χ3n) is 9.36. The zero-order valence-electron chi connectivity index (χ0n) is 30.6. The van der Waals surface area contributed by atoms with Crippen LogP contribution >= 0.6 is 0 Å². The van der Waals surface area contributed by atoms with Crippen molar-refractivity contribution < 1.29 is 39.2 Å². The molecule has 0 aromatic heterocycles. The van der Waals surface area contributed by atoms with Crippen LogP contribution in [0.5, 0.6) is 0 Å². The van der Waals surface area contributed by atoms with Gasteiger partial charge in [-0.05, 0) is 88.7 Å². The van der Waals surface area contributed by atoms with Crippen LogP contribution in [0.25, 0.3) is 0 Å². The largest absolute Gasteiger partial charge is 0.462 e. The zero-order chi connectivity index (χ0) is 36.4. The average Bonchev–Trinajstić information content (AvgIpc) is 3.07. The molecule has 1 aliphatic rings. The van der Waals surface area contributed by atoms with Gasteiger partial charge in [0.05, 0.1) is 13.2 Å². The summed E-state index contributed by atoms with van der Waals surface area (Å²) in [6.07, 6.45) is 19.2. The topological polar surface area (TPSA) is 130 Å². The Morgan fingerprint density at radius 1 is 0.938 bits per heavy atom. The van der Waals surface area contributed by atoms with Crippen LogP contribution in [0.4, 0.5) is 0 Å². The summed E-state index contributed by atoms with van der Waals surface area (Å²) >= 11 is 0. The molecule has 0 heterocycles. The lowest BCUT2D eigenvalue weighted by Gasteiger charge is -2.32. The maximum Gasteiger partial charge on any atom is 0.316 e. The molecule has 0 bridgehead atoms. The number of hydrogen-bond acceptors (Lipinski definition) is 8. The van der Waals surface area contributed by atoms with Gasteiger partial charge >= 0.3 is 5.97 Å². The molecule has 1 rings (SSSR count). The maximum absolute atomic E-state index is 13.2. The van der Waals surface area contributed by atoms with Gasteiger partial charge in [0.2, 0.25) is 0 Å². The lowest BCUT2D eigenvalue weighted by molar-refractivity contribution is -0.167. The minimum atomic E-state index is -1.29. The van der Waals surface area contributed by atoms with Crippen molar-refractivity contribution in [2.75, 3.05) is 20.3 Å². The molecule has 0 unspecified atom stereocenters. The Kier molecular flexibility index (Phi) is 19.7. The third-order valence-corrected chi connectivity index (χ3v) is 9.36. The van der Waals surface area contributed by atoms with Gasteiger partial charge in [-0.15, -0.1) is 0 Å². The number of carbonyl (C=O) groups is 3. The van der Waals surface area contributed by atoms with Crippen LogP contribution in [0.15, 0.2) is 72.4 Å². The summed E-state index contributed by atoms with van der Waals surface area (Å²) in [6.45, 7) is 15.7. The normalized spacial score (nSPS) is 22.0. The molecule has 0 aromatic carbocycles. The van der Waals surface area contributed by atoms with Gasteiger partial charge in [0.15, 0.2) is 11.6 Å². The summed E-state index contributed by atoms with van der Waals surface area (Å²) in [5.74, 6) is -0.862. The fraction of sp³-hybridized carbons (Fsp3) is 0.625. The Morgan fingerprint density at radius 2 is 1.56 bits per heavy atom. The molecular formula is C40H62O8. The first kappa shape index (κ1) is 43.1. The Hall–Kier alpha value is -2.91. The molecule has 270 valence electrons. The van der Waals surface area contributed by atoms with Gasteiger partial charge in [0.25, 0.3) is 0 Å². The molecule has 8 nitrogen and oxygen atoms in total. The number of aliphatic hydroxyl groups excluding tert-OH is 3. The van der Waals surface area contributed by atoms with Gasteiger partial charge in [0.1, 0.15) is 23.7 Å². The standard InChI is InChI=1S/C40H62O8/c1-10-27(2)14-12-11-13-15-28(3)22-31(6)36(44)38(47-9)37(45)32(7)24-30(5)35(43)21-16-29(4)23-33-17-19-34(20-18-33)48-39(46)40(8,25-41)26-42/h10-16,21,24,28-31,33-34,37-38,41-42,45H,1,17-20,22-23,25-26H2,2-9H3/b12-11+,15-13+,21-16+,27-14+,32-24+/t28-,29+,30-,31-,33-,34-,37-,38+/m1/s1. The van der Waals surface area contributed by atoms with Gasteiger partial charge in [0, 0.05) is 18.9 Å². The van der Waals surface area contributed by atoms with Crippen molar-refractivity contribution in [1.82, 2.24) is 0 Å². The van der Waals surface area contributed by atoms with E-state index in [1.807, 2.05) is 57.2 Å². The first-order valence-corrected chi connectivity index (χ1v) is 17.3. The number of ether oxygens (including phenoxy) is 2. The van der Waals surface area contributed by atoms with Gasteiger partial charge < -0.3 is 24.8 Å². The van der Waals surface area contributed by atoms with E-state index in [-0.39, 0.29) is 35.4 Å². The van der Waals surface area contributed by atoms with Crippen LogP contribution in [0, 0.1) is 35.0 Å². The number of rotatable bonds is 21. The van der Waals surface area contributed by atoms with Gasteiger partial charge in [-0.2, -0.15) is 0 Å². The predicted octanol–water partition coefficient (Wildman–Crippen LogP) is 6.67.